The van der Waals surface area contributed by atoms with Gasteiger partial charge in [0.05, 0.1) is 3.57 Å². The second kappa shape index (κ2) is 5.09. The molecular formula is C13H20ClIOSi. The van der Waals surface area contributed by atoms with E-state index in [0.717, 1.165) is 19.9 Å². The van der Waals surface area contributed by atoms with Crippen LogP contribution in [0, 0.1) is 10.5 Å². The summed E-state index contributed by atoms with van der Waals surface area (Å²) in [5.41, 5.74) is 1.10. The number of benzene rings is 1. The largest absolute Gasteiger partial charge is 0.543 e. The van der Waals surface area contributed by atoms with Gasteiger partial charge in [-0.25, -0.2) is 0 Å². The van der Waals surface area contributed by atoms with E-state index in [1.807, 2.05) is 13.0 Å². The molecule has 0 atom stereocenters. The SMILES string of the molecule is Cc1cc(I)c(O[Si](C)(C)C(C)(C)C)cc1Cl. The van der Waals surface area contributed by atoms with Crippen molar-refractivity contribution in [2.75, 3.05) is 0 Å². The minimum absolute atomic E-state index is 0.202. The minimum Gasteiger partial charge on any atom is -0.543 e. The molecule has 0 radical (unpaired) electrons. The van der Waals surface area contributed by atoms with Crippen LogP contribution in [0.15, 0.2) is 12.1 Å². The Hall–Kier alpha value is 0.257. The van der Waals surface area contributed by atoms with Crippen molar-refractivity contribution in [2.24, 2.45) is 0 Å². The van der Waals surface area contributed by atoms with E-state index in [9.17, 15) is 0 Å². The first kappa shape index (κ1) is 15.3. The lowest BCUT2D eigenvalue weighted by Gasteiger charge is -2.36. The van der Waals surface area contributed by atoms with E-state index in [-0.39, 0.29) is 5.04 Å². The number of halogens is 2. The van der Waals surface area contributed by atoms with Gasteiger partial charge in [-0.05, 0) is 65.3 Å². The predicted octanol–water partition coefficient (Wildman–Crippen LogP) is 5.64. The van der Waals surface area contributed by atoms with Crippen LogP contribution in [0.5, 0.6) is 5.75 Å². The second-order valence-corrected chi connectivity index (χ2v) is 12.2. The van der Waals surface area contributed by atoms with Gasteiger partial charge in [0.1, 0.15) is 5.75 Å². The maximum Gasteiger partial charge on any atom is 0.250 e. The Balaban J connectivity index is 3.08. The molecule has 0 aliphatic heterocycles. The number of hydrogen-bond acceptors (Lipinski definition) is 1. The van der Waals surface area contributed by atoms with E-state index < -0.39 is 8.32 Å². The Labute approximate surface area is 124 Å². The third kappa shape index (κ3) is 3.61. The van der Waals surface area contributed by atoms with E-state index in [1.54, 1.807) is 0 Å². The van der Waals surface area contributed by atoms with Gasteiger partial charge in [0.2, 0.25) is 0 Å². The van der Waals surface area contributed by atoms with Gasteiger partial charge in [-0.3, -0.25) is 0 Å². The molecule has 0 bridgehead atoms. The minimum atomic E-state index is -1.78. The molecule has 1 aromatic rings. The van der Waals surface area contributed by atoms with Gasteiger partial charge < -0.3 is 4.43 Å². The molecule has 96 valence electrons. The van der Waals surface area contributed by atoms with Crippen molar-refractivity contribution in [1.82, 2.24) is 0 Å². The fourth-order valence-corrected chi connectivity index (χ4v) is 3.25. The van der Waals surface area contributed by atoms with Crippen LogP contribution < -0.4 is 4.43 Å². The molecule has 17 heavy (non-hydrogen) atoms. The molecule has 4 heteroatoms. The first-order chi connectivity index (χ1) is 7.54. The fraction of sp³-hybridized carbons (Fsp3) is 0.538. The van der Waals surface area contributed by atoms with Crippen LogP contribution >= 0.6 is 34.2 Å². The topological polar surface area (TPSA) is 9.23 Å². The Morgan fingerprint density at radius 2 is 1.76 bits per heavy atom. The molecule has 0 saturated carbocycles. The molecule has 0 aliphatic carbocycles. The third-order valence-corrected chi connectivity index (χ3v) is 8.98. The van der Waals surface area contributed by atoms with Gasteiger partial charge in [0, 0.05) is 5.02 Å². The molecule has 0 aromatic heterocycles. The average Bonchev–Trinajstić information content (AvgIpc) is 2.12. The number of hydrogen-bond donors (Lipinski definition) is 0. The van der Waals surface area contributed by atoms with Crippen LogP contribution in [-0.4, -0.2) is 8.32 Å². The van der Waals surface area contributed by atoms with Crippen LogP contribution in [0.3, 0.4) is 0 Å². The summed E-state index contributed by atoms with van der Waals surface area (Å²) in [7, 11) is -1.78. The van der Waals surface area contributed by atoms with E-state index in [0.29, 0.717) is 0 Å². The molecule has 0 spiro atoms. The smallest absolute Gasteiger partial charge is 0.250 e. The summed E-state index contributed by atoms with van der Waals surface area (Å²) < 4.78 is 7.41. The maximum absolute atomic E-state index is 6.28. The van der Waals surface area contributed by atoms with Crippen LogP contribution in [0.25, 0.3) is 0 Å². The highest BCUT2D eigenvalue weighted by molar-refractivity contribution is 14.1. The molecule has 1 nitrogen and oxygen atoms in total. The Morgan fingerprint density at radius 1 is 1.24 bits per heavy atom. The first-order valence-electron chi connectivity index (χ1n) is 5.69. The molecule has 0 fully saturated rings. The zero-order chi connectivity index (χ0) is 13.4. The molecule has 0 aliphatic rings. The van der Waals surface area contributed by atoms with Gasteiger partial charge >= 0.3 is 0 Å². The molecular weight excluding hydrogens is 363 g/mol. The lowest BCUT2D eigenvalue weighted by atomic mass is 10.2. The van der Waals surface area contributed by atoms with Gasteiger partial charge in [0.25, 0.3) is 8.32 Å². The highest BCUT2D eigenvalue weighted by Gasteiger charge is 2.39. The summed E-state index contributed by atoms with van der Waals surface area (Å²) in [4.78, 5) is 0. The number of rotatable bonds is 2. The highest BCUT2D eigenvalue weighted by atomic mass is 127. The summed E-state index contributed by atoms with van der Waals surface area (Å²) in [5, 5.41) is 0.979. The molecule has 1 rings (SSSR count). The fourth-order valence-electron chi connectivity index (χ4n) is 1.13. The van der Waals surface area contributed by atoms with Gasteiger partial charge in [-0.1, -0.05) is 32.4 Å². The van der Waals surface area contributed by atoms with Crippen LogP contribution in [0.1, 0.15) is 26.3 Å². The van der Waals surface area contributed by atoms with E-state index >= 15 is 0 Å². The van der Waals surface area contributed by atoms with E-state index in [2.05, 4.69) is 62.5 Å². The van der Waals surface area contributed by atoms with Crippen LogP contribution in [-0.2, 0) is 0 Å². The zero-order valence-electron chi connectivity index (χ0n) is 11.3. The summed E-state index contributed by atoms with van der Waals surface area (Å²) in [6, 6.07) is 4.02. The monoisotopic (exact) mass is 382 g/mol. The van der Waals surface area contributed by atoms with E-state index in [4.69, 9.17) is 16.0 Å². The Kier molecular flexibility index (Phi) is 4.59. The Morgan fingerprint density at radius 3 is 2.24 bits per heavy atom. The first-order valence-corrected chi connectivity index (χ1v) is 10.1. The van der Waals surface area contributed by atoms with Gasteiger partial charge in [-0.15, -0.1) is 0 Å². The number of aryl methyl sites for hydroxylation is 1. The zero-order valence-corrected chi connectivity index (χ0v) is 15.2. The molecule has 0 saturated heterocycles. The normalized spacial score (nSPS) is 12.7. The predicted molar refractivity (Wildman–Crippen MR) is 86.7 cm³/mol. The standard InChI is InChI=1S/C13H20ClIOSi/c1-9-7-11(15)12(8-10(9)14)16-17(5,6)13(2,3)4/h7-8H,1-6H3. The van der Waals surface area contributed by atoms with Gasteiger partial charge in [0.15, 0.2) is 0 Å². The molecule has 0 heterocycles. The van der Waals surface area contributed by atoms with Crippen molar-refractivity contribution in [1.29, 1.82) is 0 Å². The summed E-state index contributed by atoms with van der Waals surface area (Å²) in [6.45, 7) is 13.2. The summed E-state index contributed by atoms with van der Waals surface area (Å²) in [5.74, 6) is 0.924. The van der Waals surface area contributed by atoms with Crippen LogP contribution in [0.2, 0.25) is 23.2 Å². The third-order valence-electron chi connectivity index (χ3n) is 3.38. The van der Waals surface area contributed by atoms with Crippen molar-refractivity contribution in [3.05, 3.63) is 26.3 Å². The molecule has 0 amide bonds. The highest BCUT2D eigenvalue weighted by Crippen LogP contribution is 2.39. The van der Waals surface area contributed by atoms with Crippen molar-refractivity contribution < 1.29 is 4.43 Å². The lowest BCUT2D eigenvalue weighted by molar-refractivity contribution is 0.489. The molecule has 0 N–H and O–H groups in total. The van der Waals surface area contributed by atoms with Gasteiger partial charge in [-0.2, -0.15) is 0 Å². The average molecular weight is 383 g/mol. The summed E-state index contributed by atoms with van der Waals surface area (Å²) >= 11 is 8.47. The second-order valence-electron chi connectivity index (χ2n) is 5.89. The Bertz CT molecular complexity index is 424. The van der Waals surface area contributed by atoms with Crippen molar-refractivity contribution in [3.63, 3.8) is 0 Å². The van der Waals surface area contributed by atoms with Crippen molar-refractivity contribution in [2.45, 2.75) is 45.8 Å². The molecule has 1 aromatic carbocycles. The maximum atomic E-state index is 6.28. The van der Waals surface area contributed by atoms with E-state index in [1.165, 1.54) is 0 Å². The lowest BCUT2D eigenvalue weighted by Crippen LogP contribution is -2.44. The quantitative estimate of drug-likeness (QED) is 0.475. The van der Waals surface area contributed by atoms with Crippen LogP contribution in [0.4, 0.5) is 0 Å². The molecule has 0 unspecified atom stereocenters. The summed E-state index contributed by atoms with van der Waals surface area (Å²) in [6.07, 6.45) is 0. The van der Waals surface area contributed by atoms with Crippen molar-refractivity contribution >= 4 is 42.5 Å². The van der Waals surface area contributed by atoms with Crippen molar-refractivity contribution in [3.8, 4) is 5.75 Å².